The lowest BCUT2D eigenvalue weighted by molar-refractivity contribution is -0.133. The largest absolute Gasteiger partial charge is 0.335 e. The number of amides is 1. The molecular formula is C22H29NO3. The second-order valence-corrected chi connectivity index (χ2v) is 9.70. The van der Waals surface area contributed by atoms with Gasteiger partial charge in [-0.1, -0.05) is 12.5 Å². The molecule has 26 heavy (non-hydrogen) atoms. The van der Waals surface area contributed by atoms with Crippen molar-refractivity contribution in [3.8, 4) is 0 Å². The van der Waals surface area contributed by atoms with Gasteiger partial charge in [0.25, 0.3) is 0 Å². The molecule has 4 aliphatic carbocycles. The van der Waals surface area contributed by atoms with Gasteiger partial charge in [-0.25, -0.2) is 0 Å². The monoisotopic (exact) mass is 355 g/mol. The highest BCUT2D eigenvalue weighted by Gasteiger charge is 2.65. The predicted octanol–water partition coefficient (Wildman–Crippen LogP) is 3.30. The van der Waals surface area contributed by atoms with Crippen LogP contribution in [0, 0.1) is 28.6 Å². The fourth-order valence-electron chi connectivity index (χ4n) is 7.60. The molecule has 5 rings (SSSR count). The Morgan fingerprint density at radius 2 is 1.88 bits per heavy atom. The van der Waals surface area contributed by atoms with Crippen molar-refractivity contribution in [3.63, 3.8) is 0 Å². The SMILES string of the molecule is CC(=O)N1C[C@H]1[C@]12CCC(=O)C=C1CC[C@@H]1[C@@H]2CC[C@]2(C)C(=O)CC[C@@H]12. The maximum Gasteiger partial charge on any atom is 0.219 e. The van der Waals surface area contributed by atoms with Gasteiger partial charge in [-0.15, -0.1) is 0 Å². The van der Waals surface area contributed by atoms with Crippen LogP contribution in [0.1, 0.15) is 65.2 Å². The molecule has 5 aliphatic rings. The molecule has 0 N–H and O–H groups in total. The maximum atomic E-state index is 12.6. The summed E-state index contributed by atoms with van der Waals surface area (Å²) in [7, 11) is 0. The Kier molecular flexibility index (Phi) is 3.40. The van der Waals surface area contributed by atoms with E-state index in [4.69, 9.17) is 0 Å². The van der Waals surface area contributed by atoms with Gasteiger partial charge in [0.15, 0.2) is 5.78 Å². The lowest BCUT2D eigenvalue weighted by Gasteiger charge is -2.58. The molecule has 4 nitrogen and oxygen atoms in total. The molecule has 3 saturated carbocycles. The smallest absolute Gasteiger partial charge is 0.219 e. The van der Waals surface area contributed by atoms with Gasteiger partial charge < -0.3 is 4.90 Å². The standard InChI is InChI=1S/C22H29NO3/c1-13(24)23-12-19(23)22-10-7-15(25)11-14(22)3-4-16-17-5-6-20(26)21(17,2)9-8-18(16)22/h11,16-19H,3-10,12H2,1-2H3/t16-,17-,18-,19-,21-,22+,23?/m0/s1. The van der Waals surface area contributed by atoms with Crippen molar-refractivity contribution in [1.82, 2.24) is 4.90 Å². The van der Waals surface area contributed by atoms with Gasteiger partial charge in [-0.05, 0) is 62.4 Å². The van der Waals surface area contributed by atoms with Gasteiger partial charge in [-0.3, -0.25) is 14.4 Å². The van der Waals surface area contributed by atoms with Crippen LogP contribution >= 0.6 is 0 Å². The van der Waals surface area contributed by atoms with Gasteiger partial charge in [0.1, 0.15) is 5.78 Å². The second kappa shape index (κ2) is 5.30. The van der Waals surface area contributed by atoms with E-state index >= 15 is 0 Å². The Labute approximate surface area is 155 Å². The lowest BCUT2D eigenvalue weighted by Crippen LogP contribution is -2.54. The third-order valence-electron chi connectivity index (χ3n) is 8.88. The number of Topliss-reactive ketones (excluding diaryl/α,β-unsaturated/α-hetero) is 1. The maximum absolute atomic E-state index is 12.6. The van der Waals surface area contributed by atoms with Crippen molar-refractivity contribution in [3.05, 3.63) is 11.6 Å². The molecule has 140 valence electrons. The molecular weight excluding hydrogens is 326 g/mol. The summed E-state index contributed by atoms with van der Waals surface area (Å²) in [5.74, 6) is 2.54. The number of fused-ring (bicyclic) bond motifs is 5. The van der Waals surface area contributed by atoms with Gasteiger partial charge in [0.2, 0.25) is 5.91 Å². The zero-order chi connectivity index (χ0) is 18.3. The third-order valence-corrected chi connectivity index (χ3v) is 8.88. The van der Waals surface area contributed by atoms with Crippen LogP contribution in [-0.2, 0) is 14.4 Å². The molecule has 0 bridgehead atoms. The molecule has 6 atom stereocenters. The molecule has 0 spiro atoms. The Morgan fingerprint density at radius 1 is 1.08 bits per heavy atom. The molecule has 0 radical (unpaired) electrons. The lowest BCUT2D eigenvalue weighted by atomic mass is 9.46. The van der Waals surface area contributed by atoms with Crippen LogP contribution in [0.25, 0.3) is 0 Å². The molecule has 1 aliphatic heterocycles. The summed E-state index contributed by atoms with van der Waals surface area (Å²) in [5.41, 5.74) is 1.23. The van der Waals surface area contributed by atoms with E-state index in [0.717, 1.165) is 51.5 Å². The summed E-state index contributed by atoms with van der Waals surface area (Å²) in [6.07, 6.45) is 9.43. The summed E-state index contributed by atoms with van der Waals surface area (Å²) >= 11 is 0. The van der Waals surface area contributed by atoms with Crippen molar-refractivity contribution < 1.29 is 14.4 Å². The Balaban J connectivity index is 1.56. The van der Waals surface area contributed by atoms with E-state index in [-0.39, 0.29) is 28.6 Å². The van der Waals surface area contributed by atoms with E-state index in [0.29, 0.717) is 30.0 Å². The van der Waals surface area contributed by atoms with Gasteiger partial charge in [0, 0.05) is 37.1 Å². The van der Waals surface area contributed by atoms with Crippen molar-refractivity contribution in [2.24, 2.45) is 28.6 Å². The Bertz CT molecular complexity index is 740. The molecule has 0 aromatic heterocycles. The van der Waals surface area contributed by atoms with Crippen molar-refractivity contribution in [2.75, 3.05) is 6.54 Å². The molecule has 1 saturated heterocycles. The Hall–Kier alpha value is -1.45. The van der Waals surface area contributed by atoms with Crippen LogP contribution in [0.2, 0.25) is 0 Å². The number of hydrogen-bond donors (Lipinski definition) is 0. The van der Waals surface area contributed by atoms with Gasteiger partial charge >= 0.3 is 0 Å². The quantitative estimate of drug-likeness (QED) is 0.678. The molecule has 4 fully saturated rings. The minimum Gasteiger partial charge on any atom is -0.335 e. The van der Waals surface area contributed by atoms with Crippen LogP contribution in [0.15, 0.2) is 11.6 Å². The van der Waals surface area contributed by atoms with Crippen molar-refractivity contribution in [2.45, 2.75) is 71.3 Å². The summed E-state index contributed by atoms with van der Waals surface area (Å²) < 4.78 is 0. The van der Waals surface area contributed by atoms with E-state index in [1.165, 1.54) is 5.57 Å². The number of ketones is 2. The van der Waals surface area contributed by atoms with Crippen molar-refractivity contribution >= 4 is 17.5 Å². The van der Waals surface area contributed by atoms with Crippen LogP contribution < -0.4 is 0 Å². The number of carbonyl (C=O) groups is 3. The molecule has 1 heterocycles. The summed E-state index contributed by atoms with van der Waals surface area (Å²) in [4.78, 5) is 38.8. The number of nitrogens with zero attached hydrogens (tertiary/aromatic N) is 1. The summed E-state index contributed by atoms with van der Waals surface area (Å²) in [6, 6.07) is 0.286. The van der Waals surface area contributed by atoms with E-state index in [1.807, 2.05) is 11.0 Å². The average Bonchev–Trinajstić information content (AvgIpc) is 3.36. The first-order chi connectivity index (χ1) is 12.4. The minimum atomic E-state index is -0.113. The summed E-state index contributed by atoms with van der Waals surface area (Å²) in [6.45, 7) is 4.73. The highest BCUT2D eigenvalue weighted by molar-refractivity contribution is 5.92. The Morgan fingerprint density at radius 3 is 2.62 bits per heavy atom. The van der Waals surface area contributed by atoms with Crippen molar-refractivity contribution in [1.29, 1.82) is 0 Å². The van der Waals surface area contributed by atoms with Crippen LogP contribution in [0.5, 0.6) is 0 Å². The normalized spacial score (nSPS) is 47.0. The van der Waals surface area contributed by atoms with E-state index < -0.39 is 0 Å². The average molecular weight is 355 g/mol. The predicted molar refractivity (Wildman–Crippen MR) is 97.2 cm³/mol. The van der Waals surface area contributed by atoms with Crippen LogP contribution in [0.3, 0.4) is 0 Å². The third kappa shape index (κ3) is 1.99. The van der Waals surface area contributed by atoms with E-state index in [9.17, 15) is 14.4 Å². The highest BCUT2D eigenvalue weighted by Crippen LogP contribution is 2.67. The number of hydrogen-bond acceptors (Lipinski definition) is 3. The highest BCUT2D eigenvalue weighted by atomic mass is 16.2. The zero-order valence-corrected chi connectivity index (χ0v) is 15.9. The summed E-state index contributed by atoms with van der Waals surface area (Å²) in [5, 5.41) is 0. The molecule has 4 heteroatoms. The molecule has 0 aromatic carbocycles. The molecule has 0 aromatic rings. The van der Waals surface area contributed by atoms with Gasteiger partial charge in [-0.2, -0.15) is 0 Å². The first kappa shape index (κ1) is 16.7. The zero-order valence-electron chi connectivity index (χ0n) is 15.9. The molecule has 0 unspecified atom stereocenters. The first-order valence-electron chi connectivity index (χ1n) is 10.4. The number of carbonyl (C=O) groups excluding carboxylic acids is 3. The molecule has 1 amide bonds. The fourth-order valence-corrected chi connectivity index (χ4v) is 7.60. The van der Waals surface area contributed by atoms with Crippen LogP contribution in [0.4, 0.5) is 0 Å². The van der Waals surface area contributed by atoms with E-state index in [1.54, 1.807) is 6.92 Å². The van der Waals surface area contributed by atoms with E-state index in [2.05, 4.69) is 6.92 Å². The number of rotatable bonds is 1. The first-order valence-corrected chi connectivity index (χ1v) is 10.4. The second-order valence-electron chi connectivity index (χ2n) is 9.70. The minimum absolute atomic E-state index is 0.00939. The topological polar surface area (TPSA) is 54.2 Å². The van der Waals surface area contributed by atoms with Crippen LogP contribution in [-0.4, -0.2) is 35.0 Å². The fraction of sp³-hybridized carbons (Fsp3) is 0.773. The van der Waals surface area contributed by atoms with Gasteiger partial charge in [0.05, 0.1) is 6.04 Å².